The Morgan fingerprint density at radius 1 is 0.579 bits per heavy atom. The lowest BCUT2D eigenvalue weighted by Crippen LogP contribution is -2.25. The summed E-state index contributed by atoms with van der Waals surface area (Å²) in [4.78, 5) is 24.5. The summed E-state index contributed by atoms with van der Waals surface area (Å²) in [7, 11) is 0. The maximum atomic E-state index is 12.4. The van der Waals surface area contributed by atoms with Crippen LogP contribution in [0.3, 0.4) is 0 Å². The van der Waals surface area contributed by atoms with Crippen LogP contribution in [0.1, 0.15) is 31.8 Å². The van der Waals surface area contributed by atoms with Crippen LogP contribution in [0.25, 0.3) is 12.2 Å². The first-order valence-electron chi connectivity index (χ1n) is 12.3. The molecule has 1 N–H and O–H groups in total. The zero-order chi connectivity index (χ0) is 26.6. The lowest BCUT2D eigenvalue weighted by molar-refractivity contribution is 0.0626. The van der Waals surface area contributed by atoms with Gasteiger partial charge in [-0.05, 0) is 59.7 Å². The molecule has 0 amide bonds. The molecule has 38 heavy (non-hydrogen) atoms. The summed E-state index contributed by atoms with van der Waals surface area (Å²) in [6.45, 7) is 0.103. The van der Waals surface area contributed by atoms with E-state index in [-0.39, 0.29) is 24.8 Å². The average Bonchev–Trinajstić information content (AvgIpc) is 2.98. The predicted molar refractivity (Wildman–Crippen MR) is 149 cm³/mol. The molecule has 0 bridgehead atoms. The van der Waals surface area contributed by atoms with Gasteiger partial charge in [0.25, 0.3) is 0 Å². The Labute approximate surface area is 222 Å². The smallest absolute Gasteiger partial charge is 0.185 e. The minimum absolute atomic E-state index is 0.0453. The summed E-state index contributed by atoms with van der Waals surface area (Å²) in [6.07, 6.45) is 5.77. The van der Waals surface area contributed by atoms with Crippen LogP contribution in [0.4, 0.5) is 0 Å². The van der Waals surface area contributed by atoms with Gasteiger partial charge < -0.3 is 14.6 Å². The second-order valence-corrected chi connectivity index (χ2v) is 8.54. The molecular formula is C33H28O5. The Kier molecular flexibility index (Phi) is 9.38. The fraction of sp³-hybridized carbons (Fsp3) is 0.0909. The number of carbonyl (C=O) groups is 2. The Hall–Kier alpha value is -4.74. The van der Waals surface area contributed by atoms with Crippen molar-refractivity contribution in [1.29, 1.82) is 0 Å². The lowest BCUT2D eigenvalue weighted by atomic mass is 10.1. The number of ketones is 2. The summed E-state index contributed by atoms with van der Waals surface area (Å²) in [5, 5.41) is 10.2. The van der Waals surface area contributed by atoms with Crippen molar-refractivity contribution < 1.29 is 24.2 Å². The van der Waals surface area contributed by atoms with Crippen molar-refractivity contribution in [1.82, 2.24) is 0 Å². The molecule has 4 aromatic rings. The van der Waals surface area contributed by atoms with Crippen molar-refractivity contribution in [3.8, 4) is 11.5 Å². The van der Waals surface area contributed by atoms with Crippen molar-refractivity contribution in [2.24, 2.45) is 0 Å². The van der Waals surface area contributed by atoms with E-state index in [0.717, 1.165) is 11.1 Å². The topological polar surface area (TPSA) is 72.8 Å². The lowest BCUT2D eigenvalue weighted by Gasteiger charge is -2.14. The van der Waals surface area contributed by atoms with Gasteiger partial charge in [-0.3, -0.25) is 9.59 Å². The summed E-state index contributed by atoms with van der Waals surface area (Å²) in [5.41, 5.74) is 3.01. The van der Waals surface area contributed by atoms with Gasteiger partial charge in [0.05, 0.1) is 0 Å². The van der Waals surface area contributed by atoms with E-state index >= 15 is 0 Å². The zero-order valence-electron chi connectivity index (χ0n) is 20.8. The zero-order valence-corrected chi connectivity index (χ0v) is 20.8. The normalized spacial score (nSPS) is 11.9. The largest absolute Gasteiger partial charge is 0.491 e. The highest BCUT2D eigenvalue weighted by molar-refractivity contribution is 6.07. The van der Waals surface area contributed by atoms with Gasteiger partial charge in [0.2, 0.25) is 0 Å². The van der Waals surface area contributed by atoms with Gasteiger partial charge in [0, 0.05) is 11.1 Å². The van der Waals surface area contributed by atoms with Crippen LogP contribution in [-0.4, -0.2) is 36.0 Å². The number of hydrogen-bond donors (Lipinski definition) is 1. The monoisotopic (exact) mass is 504 g/mol. The molecule has 0 aliphatic carbocycles. The number of rotatable bonds is 12. The van der Waals surface area contributed by atoms with E-state index < -0.39 is 6.10 Å². The minimum atomic E-state index is -0.840. The van der Waals surface area contributed by atoms with E-state index in [0.29, 0.717) is 22.6 Å². The molecule has 5 heteroatoms. The van der Waals surface area contributed by atoms with E-state index in [1.807, 2.05) is 60.7 Å². The van der Waals surface area contributed by atoms with Gasteiger partial charge >= 0.3 is 0 Å². The Morgan fingerprint density at radius 3 is 1.53 bits per heavy atom. The molecule has 0 saturated heterocycles. The summed E-state index contributed by atoms with van der Waals surface area (Å²) < 4.78 is 11.3. The van der Waals surface area contributed by atoms with Gasteiger partial charge in [0.1, 0.15) is 30.8 Å². The third-order valence-electron chi connectivity index (χ3n) is 5.62. The second kappa shape index (κ2) is 13.5. The molecule has 4 aromatic carbocycles. The second-order valence-electron chi connectivity index (χ2n) is 8.54. The Bertz CT molecular complexity index is 1370. The first kappa shape index (κ1) is 26.3. The van der Waals surface area contributed by atoms with Crippen LogP contribution in [-0.2, 0) is 0 Å². The highest BCUT2D eigenvalue weighted by Gasteiger charge is 2.08. The van der Waals surface area contributed by atoms with Crippen LogP contribution in [0.15, 0.2) is 121 Å². The molecule has 5 nitrogen and oxygen atoms in total. The number of aliphatic hydroxyl groups excluding tert-OH is 1. The Balaban J connectivity index is 1.19. The number of carbonyl (C=O) groups excluding carboxylic acids is 2. The van der Waals surface area contributed by atoms with E-state index in [4.69, 9.17) is 9.47 Å². The molecule has 1 atom stereocenters. The molecule has 0 saturated carbocycles. The van der Waals surface area contributed by atoms with Crippen LogP contribution in [0.2, 0.25) is 0 Å². The van der Waals surface area contributed by atoms with E-state index in [1.54, 1.807) is 66.8 Å². The van der Waals surface area contributed by atoms with Crippen molar-refractivity contribution in [2.45, 2.75) is 6.10 Å². The highest BCUT2D eigenvalue weighted by Crippen LogP contribution is 2.16. The predicted octanol–water partition coefficient (Wildman–Crippen LogP) is 6.30. The molecule has 0 fully saturated rings. The van der Waals surface area contributed by atoms with Gasteiger partial charge in [-0.25, -0.2) is 0 Å². The number of aliphatic hydroxyl groups is 1. The molecule has 0 aromatic heterocycles. The number of allylic oxidation sites excluding steroid dienone is 2. The summed E-state index contributed by atoms with van der Waals surface area (Å²) >= 11 is 0. The number of benzene rings is 4. The quantitative estimate of drug-likeness (QED) is 0.181. The van der Waals surface area contributed by atoms with Gasteiger partial charge in [-0.15, -0.1) is 0 Å². The first-order valence-corrected chi connectivity index (χ1v) is 12.3. The van der Waals surface area contributed by atoms with Crippen LogP contribution in [0.5, 0.6) is 11.5 Å². The average molecular weight is 505 g/mol. The van der Waals surface area contributed by atoms with E-state index in [2.05, 4.69) is 0 Å². The minimum Gasteiger partial charge on any atom is -0.491 e. The summed E-state index contributed by atoms with van der Waals surface area (Å²) in [6, 6.07) is 32.7. The molecule has 1 unspecified atom stereocenters. The Morgan fingerprint density at radius 2 is 1.00 bits per heavy atom. The third kappa shape index (κ3) is 8.15. The maximum absolute atomic E-state index is 12.4. The molecular weight excluding hydrogens is 476 g/mol. The number of hydrogen-bond acceptors (Lipinski definition) is 5. The molecule has 0 aliphatic rings. The molecule has 0 radical (unpaired) electrons. The van der Waals surface area contributed by atoms with Gasteiger partial charge in [-0.1, -0.05) is 84.9 Å². The fourth-order valence-corrected chi connectivity index (χ4v) is 3.53. The molecule has 0 heterocycles. The van der Waals surface area contributed by atoms with Crippen LogP contribution in [0, 0.1) is 0 Å². The van der Waals surface area contributed by atoms with E-state index in [9.17, 15) is 14.7 Å². The highest BCUT2D eigenvalue weighted by atomic mass is 16.5. The molecule has 4 rings (SSSR count). The SMILES string of the molecule is O=C(/C=C\c1ccccc1)c1ccc(OCC(O)COc2ccc(/C=C/C(=O)c3ccccc3)cc2)cc1. The maximum Gasteiger partial charge on any atom is 0.185 e. The van der Waals surface area contributed by atoms with Crippen molar-refractivity contribution >= 4 is 23.7 Å². The van der Waals surface area contributed by atoms with Crippen molar-refractivity contribution in [3.05, 3.63) is 144 Å². The summed E-state index contributed by atoms with van der Waals surface area (Å²) in [5.74, 6) is 0.990. The van der Waals surface area contributed by atoms with Crippen LogP contribution < -0.4 is 9.47 Å². The standard InChI is InChI=1S/C33H28O5/c34-29(23-37-30-17-11-26(12-18-30)14-22-32(35)27-9-5-2-6-10-27)24-38-31-19-15-28(16-20-31)33(36)21-13-25-7-3-1-4-8-25/h1-22,29,34H,23-24H2/b21-13-,22-14+. The number of ether oxygens (including phenoxy) is 2. The van der Waals surface area contributed by atoms with Gasteiger partial charge in [-0.2, -0.15) is 0 Å². The fourth-order valence-electron chi connectivity index (χ4n) is 3.53. The molecule has 190 valence electrons. The van der Waals surface area contributed by atoms with Crippen molar-refractivity contribution in [3.63, 3.8) is 0 Å². The van der Waals surface area contributed by atoms with E-state index in [1.165, 1.54) is 6.08 Å². The molecule has 0 aliphatic heterocycles. The third-order valence-corrected chi connectivity index (χ3v) is 5.62. The molecule has 0 spiro atoms. The first-order chi connectivity index (χ1) is 18.6. The van der Waals surface area contributed by atoms with Gasteiger partial charge in [0.15, 0.2) is 11.6 Å². The van der Waals surface area contributed by atoms with Crippen LogP contribution >= 0.6 is 0 Å². The van der Waals surface area contributed by atoms with Crippen molar-refractivity contribution in [2.75, 3.05) is 13.2 Å².